The average molecular weight is 333 g/mol. The van der Waals surface area contributed by atoms with Crippen molar-refractivity contribution >= 4 is 11.6 Å². The quantitative estimate of drug-likeness (QED) is 0.674. The Hall–Kier alpha value is -2.15. The Labute approximate surface area is 141 Å². The van der Waals surface area contributed by atoms with Gasteiger partial charge in [-0.25, -0.2) is 0 Å². The molecule has 7 nitrogen and oxygen atoms in total. The Balaban J connectivity index is 1.56. The van der Waals surface area contributed by atoms with Crippen LogP contribution < -0.4 is 0 Å². The summed E-state index contributed by atoms with van der Waals surface area (Å²) in [7, 11) is 0. The number of hydrogen-bond donors (Lipinski definition) is 1. The Kier molecular flexibility index (Phi) is 4.99. The number of carbonyl (C=O) groups is 1. The summed E-state index contributed by atoms with van der Waals surface area (Å²) in [5, 5.41) is 20.8. The number of amides is 1. The molecule has 1 amide bonds. The van der Waals surface area contributed by atoms with E-state index >= 15 is 0 Å². The lowest BCUT2D eigenvalue weighted by atomic mass is 10.1. The van der Waals surface area contributed by atoms with Crippen molar-refractivity contribution < 1.29 is 14.8 Å². The van der Waals surface area contributed by atoms with Gasteiger partial charge in [0.1, 0.15) is 5.75 Å². The molecule has 24 heavy (non-hydrogen) atoms. The predicted octanol–water partition coefficient (Wildman–Crippen LogP) is 2.13. The average Bonchev–Trinajstić information content (AvgIpc) is 3.11. The molecule has 1 aliphatic carbocycles. The van der Waals surface area contributed by atoms with Crippen LogP contribution in [0.4, 0.5) is 5.69 Å². The van der Waals surface area contributed by atoms with E-state index in [1.54, 1.807) is 0 Å². The minimum Gasteiger partial charge on any atom is -0.508 e. The van der Waals surface area contributed by atoms with Gasteiger partial charge in [-0.2, -0.15) is 0 Å². The SMILES string of the molecule is O=C(C1CCCC1)N1CCN(Cc2cc([N+](=O)[O-])ccc2O)CC1. The van der Waals surface area contributed by atoms with Gasteiger partial charge in [0.2, 0.25) is 5.91 Å². The molecule has 0 atom stereocenters. The minimum absolute atomic E-state index is 0.0159. The van der Waals surface area contributed by atoms with Crippen LogP contribution in [0.3, 0.4) is 0 Å². The predicted molar refractivity (Wildman–Crippen MR) is 88.6 cm³/mol. The molecule has 0 unspecified atom stereocenters. The molecule has 130 valence electrons. The van der Waals surface area contributed by atoms with Crippen LogP contribution in [-0.4, -0.2) is 51.9 Å². The summed E-state index contributed by atoms with van der Waals surface area (Å²) in [5.41, 5.74) is 0.539. The molecule has 7 heteroatoms. The van der Waals surface area contributed by atoms with Gasteiger partial charge in [0.15, 0.2) is 0 Å². The number of nitrogens with zero attached hydrogens (tertiary/aromatic N) is 3. The highest BCUT2D eigenvalue weighted by Gasteiger charge is 2.29. The molecule has 0 bridgehead atoms. The van der Waals surface area contributed by atoms with Crippen molar-refractivity contribution in [2.24, 2.45) is 5.92 Å². The van der Waals surface area contributed by atoms with Crippen LogP contribution in [0, 0.1) is 16.0 Å². The van der Waals surface area contributed by atoms with E-state index in [-0.39, 0.29) is 23.3 Å². The second-order valence-corrected chi connectivity index (χ2v) is 6.65. The van der Waals surface area contributed by atoms with Gasteiger partial charge in [0.25, 0.3) is 5.69 Å². The number of nitro groups is 1. The molecular formula is C17H23N3O4. The second-order valence-electron chi connectivity index (χ2n) is 6.65. The smallest absolute Gasteiger partial charge is 0.270 e. The van der Waals surface area contributed by atoms with Crippen LogP contribution in [0.5, 0.6) is 5.75 Å². The number of piperazine rings is 1. The fraction of sp³-hybridized carbons (Fsp3) is 0.588. The topological polar surface area (TPSA) is 86.9 Å². The maximum Gasteiger partial charge on any atom is 0.270 e. The largest absolute Gasteiger partial charge is 0.508 e. The normalized spacial score (nSPS) is 19.6. The lowest BCUT2D eigenvalue weighted by molar-refractivity contribution is -0.385. The highest BCUT2D eigenvalue weighted by atomic mass is 16.6. The van der Waals surface area contributed by atoms with Crippen molar-refractivity contribution in [3.8, 4) is 5.75 Å². The van der Waals surface area contributed by atoms with E-state index in [0.717, 1.165) is 38.8 Å². The van der Waals surface area contributed by atoms with E-state index in [1.165, 1.54) is 18.2 Å². The number of phenols is 1. The van der Waals surface area contributed by atoms with Crippen LogP contribution >= 0.6 is 0 Å². The Morgan fingerprint density at radius 1 is 1.21 bits per heavy atom. The van der Waals surface area contributed by atoms with E-state index < -0.39 is 4.92 Å². The van der Waals surface area contributed by atoms with E-state index in [0.29, 0.717) is 25.2 Å². The van der Waals surface area contributed by atoms with Crippen LogP contribution in [0.25, 0.3) is 0 Å². The van der Waals surface area contributed by atoms with Crippen LogP contribution in [-0.2, 0) is 11.3 Å². The zero-order valence-corrected chi connectivity index (χ0v) is 13.7. The molecule has 1 aromatic rings. The molecule has 2 fully saturated rings. The standard InChI is InChI=1S/C17H23N3O4/c21-16-6-5-15(20(23)24)11-14(16)12-18-7-9-19(10-8-18)17(22)13-3-1-2-4-13/h5-6,11,13,21H,1-4,7-10,12H2. The summed E-state index contributed by atoms with van der Waals surface area (Å²) in [5.74, 6) is 0.563. The zero-order valence-electron chi connectivity index (χ0n) is 13.7. The van der Waals surface area contributed by atoms with Gasteiger partial charge in [0.05, 0.1) is 4.92 Å². The zero-order chi connectivity index (χ0) is 17.1. The lowest BCUT2D eigenvalue weighted by Gasteiger charge is -2.36. The van der Waals surface area contributed by atoms with Crippen molar-refractivity contribution in [1.82, 2.24) is 9.80 Å². The molecule has 2 aliphatic rings. The lowest BCUT2D eigenvalue weighted by Crippen LogP contribution is -2.49. The first-order valence-corrected chi connectivity index (χ1v) is 8.52. The monoisotopic (exact) mass is 333 g/mol. The minimum atomic E-state index is -0.457. The summed E-state index contributed by atoms with van der Waals surface area (Å²) in [6.07, 6.45) is 4.34. The molecule has 0 aromatic heterocycles. The van der Waals surface area contributed by atoms with Crippen LogP contribution in [0.2, 0.25) is 0 Å². The van der Waals surface area contributed by atoms with Gasteiger partial charge in [-0.05, 0) is 18.9 Å². The summed E-state index contributed by atoms with van der Waals surface area (Å²) >= 11 is 0. The highest BCUT2D eigenvalue weighted by Crippen LogP contribution is 2.28. The molecule has 1 aliphatic heterocycles. The molecule has 0 radical (unpaired) electrons. The molecule has 0 spiro atoms. The van der Waals surface area contributed by atoms with Crippen molar-refractivity contribution in [1.29, 1.82) is 0 Å². The molecule has 3 rings (SSSR count). The first-order chi connectivity index (χ1) is 11.5. The van der Waals surface area contributed by atoms with E-state index in [2.05, 4.69) is 4.90 Å². The fourth-order valence-corrected chi connectivity index (χ4v) is 3.61. The first-order valence-electron chi connectivity index (χ1n) is 8.52. The number of aromatic hydroxyl groups is 1. The molecule has 1 N–H and O–H groups in total. The van der Waals surface area contributed by atoms with Crippen LogP contribution in [0.15, 0.2) is 18.2 Å². The van der Waals surface area contributed by atoms with Crippen molar-refractivity contribution in [3.63, 3.8) is 0 Å². The third-order valence-electron chi connectivity index (χ3n) is 5.06. The first kappa shape index (κ1) is 16.7. The molecule has 1 aromatic carbocycles. The maximum atomic E-state index is 12.4. The number of nitro benzene ring substituents is 1. The Morgan fingerprint density at radius 2 is 1.88 bits per heavy atom. The Bertz CT molecular complexity index is 620. The van der Waals surface area contributed by atoms with Crippen molar-refractivity contribution in [3.05, 3.63) is 33.9 Å². The van der Waals surface area contributed by atoms with E-state index in [4.69, 9.17) is 0 Å². The summed E-state index contributed by atoms with van der Waals surface area (Å²) < 4.78 is 0. The van der Waals surface area contributed by atoms with Crippen LogP contribution in [0.1, 0.15) is 31.2 Å². The number of benzene rings is 1. The van der Waals surface area contributed by atoms with Crippen molar-refractivity contribution in [2.45, 2.75) is 32.2 Å². The van der Waals surface area contributed by atoms with Gasteiger partial charge in [0, 0.05) is 56.3 Å². The third-order valence-corrected chi connectivity index (χ3v) is 5.06. The van der Waals surface area contributed by atoms with Gasteiger partial charge in [-0.3, -0.25) is 19.8 Å². The number of phenolic OH excluding ortho intramolecular Hbond substituents is 1. The fourth-order valence-electron chi connectivity index (χ4n) is 3.61. The number of hydrogen-bond acceptors (Lipinski definition) is 5. The molecule has 1 saturated carbocycles. The van der Waals surface area contributed by atoms with E-state index in [9.17, 15) is 20.0 Å². The summed E-state index contributed by atoms with van der Waals surface area (Å²) in [4.78, 5) is 26.9. The second kappa shape index (κ2) is 7.17. The highest BCUT2D eigenvalue weighted by molar-refractivity contribution is 5.79. The van der Waals surface area contributed by atoms with Gasteiger partial charge < -0.3 is 10.0 Å². The van der Waals surface area contributed by atoms with Crippen molar-refractivity contribution in [2.75, 3.05) is 26.2 Å². The summed E-state index contributed by atoms with van der Waals surface area (Å²) in [6.45, 7) is 3.27. The van der Waals surface area contributed by atoms with E-state index in [1.807, 2.05) is 4.90 Å². The van der Waals surface area contributed by atoms with Gasteiger partial charge in [-0.15, -0.1) is 0 Å². The molecule has 1 heterocycles. The van der Waals surface area contributed by atoms with Gasteiger partial charge in [-0.1, -0.05) is 12.8 Å². The third kappa shape index (κ3) is 3.67. The number of carbonyl (C=O) groups excluding carboxylic acids is 1. The number of non-ortho nitro benzene ring substituents is 1. The molecular weight excluding hydrogens is 310 g/mol. The molecule has 1 saturated heterocycles. The number of rotatable bonds is 4. The maximum absolute atomic E-state index is 12.4. The van der Waals surface area contributed by atoms with Gasteiger partial charge >= 0.3 is 0 Å². The summed E-state index contributed by atoms with van der Waals surface area (Å²) in [6, 6.07) is 4.09. The Morgan fingerprint density at radius 3 is 2.50 bits per heavy atom.